The lowest BCUT2D eigenvalue weighted by Gasteiger charge is -2.14. The number of alkyl halides is 3. The van der Waals surface area contributed by atoms with Crippen LogP contribution in [0.2, 0.25) is 5.02 Å². The van der Waals surface area contributed by atoms with Gasteiger partial charge in [-0.25, -0.2) is 4.98 Å². The number of ether oxygens (including phenoxy) is 1. The Balaban J connectivity index is 1.69. The number of halogens is 4. The number of aromatic nitrogens is 4. The summed E-state index contributed by atoms with van der Waals surface area (Å²) in [7, 11) is 0. The Morgan fingerprint density at radius 2 is 1.86 bits per heavy atom. The Labute approximate surface area is 202 Å². The van der Waals surface area contributed by atoms with Gasteiger partial charge in [-0.05, 0) is 42.2 Å². The Kier molecular flexibility index (Phi) is 7.02. The Bertz CT molecular complexity index is 1350. The standard InChI is InChI=1S/C23H22ClF3N4O4/c1-3-12-6-16(17(24)7-19(12)34-11-15(33)10-32)20-29-22(35-30-20)18-9-31-8-14(23(25,26)27)5-13(4-2)21(31)28-18/h5-9,15,32-33H,3-4,10-11H2,1-2H3. The highest BCUT2D eigenvalue weighted by Gasteiger charge is 2.32. The summed E-state index contributed by atoms with van der Waals surface area (Å²) in [5, 5.41) is 22.7. The first-order valence-corrected chi connectivity index (χ1v) is 11.2. The van der Waals surface area contributed by atoms with E-state index >= 15 is 0 Å². The van der Waals surface area contributed by atoms with Crippen molar-refractivity contribution < 1.29 is 32.6 Å². The highest BCUT2D eigenvalue weighted by atomic mass is 35.5. The predicted molar refractivity (Wildman–Crippen MR) is 121 cm³/mol. The molecule has 8 nitrogen and oxygen atoms in total. The van der Waals surface area contributed by atoms with E-state index in [-0.39, 0.29) is 29.0 Å². The molecule has 3 heterocycles. The number of benzene rings is 1. The van der Waals surface area contributed by atoms with Gasteiger partial charge in [0.2, 0.25) is 5.82 Å². The fourth-order valence-corrected chi connectivity index (χ4v) is 3.78. The molecule has 0 fully saturated rings. The van der Waals surface area contributed by atoms with Gasteiger partial charge >= 0.3 is 6.18 Å². The van der Waals surface area contributed by atoms with Crippen molar-refractivity contribution >= 4 is 17.2 Å². The van der Waals surface area contributed by atoms with Gasteiger partial charge in [0.25, 0.3) is 5.89 Å². The van der Waals surface area contributed by atoms with Crippen LogP contribution < -0.4 is 4.74 Å². The first-order valence-electron chi connectivity index (χ1n) is 10.8. The third-order valence-corrected chi connectivity index (χ3v) is 5.71. The fourth-order valence-electron chi connectivity index (χ4n) is 3.54. The van der Waals surface area contributed by atoms with Gasteiger partial charge in [-0.1, -0.05) is 30.6 Å². The predicted octanol–water partition coefficient (Wildman–Crippen LogP) is 4.58. The molecular weight excluding hydrogens is 489 g/mol. The molecule has 0 bridgehead atoms. The molecule has 0 aliphatic carbocycles. The van der Waals surface area contributed by atoms with Crippen molar-refractivity contribution in [1.82, 2.24) is 19.5 Å². The lowest BCUT2D eigenvalue weighted by Crippen LogP contribution is -2.21. The van der Waals surface area contributed by atoms with Crippen molar-refractivity contribution in [2.24, 2.45) is 0 Å². The van der Waals surface area contributed by atoms with Gasteiger partial charge < -0.3 is 23.9 Å². The fraction of sp³-hybridized carbons (Fsp3) is 0.348. The number of aliphatic hydroxyl groups is 2. The lowest BCUT2D eigenvalue weighted by molar-refractivity contribution is -0.137. The van der Waals surface area contributed by atoms with Crippen molar-refractivity contribution in [2.75, 3.05) is 13.2 Å². The summed E-state index contributed by atoms with van der Waals surface area (Å²) in [5.74, 6) is 0.649. The number of hydrogen-bond acceptors (Lipinski definition) is 7. The number of aliphatic hydroxyl groups excluding tert-OH is 2. The normalized spacial score (nSPS) is 12.9. The van der Waals surface area contributed by atoms with E-state index < -0.39 is 24.5 Å². The minimum Gasteiger partial charge on any atom is -0.490 e. The Morgan fingerprint density at radius 1 is 1.11 bits per heavy atom. The molecule has 4 rings (SSSR count). The monoisotopic (exact) mass is 510 g/mol. The van der Waals surface area contributed by atoms with Crippen LogP contribution in [0.5, 0.6) is 5.75 Å². The number of rotatable bonds is 8. The van der Waals surface area contributed by atoms with Gasteiger partial charge in [0.1, 0.15) is 29.8 Å². The maximum absolute atomic E-state index is 13.3. The van der Waals surface area contributed by atoms with E-state index in [1.807, 2.05) is 6.92 Å². The van der Waals surface area contributed by atoms with Crippen LogP contribution in [0.25, 0.3) is 28.6 Å². The summed E-state index contributed by atoms with van der Waals surface area (Å²) in [6, 6.07) is 4.37. The highest BCUT2D eigenvalue weighted by molar-refractivity contribution is 6.33. The third-order valence-electron chi connectivity index (χ3n) is 5.39. The number of aryl methyl sites for hydroxylation is 2. The molecule has 0 spiro atoms. The highest BCUT2D eigenvalue weighted by Crippen LogP contribution is 2.35. The van der Waals surface area contributed by atoms with E-state index in [4.69, 9.17) is 26.0 Å². The van der Waals surface area contributed by atoms with Crippen molar-refractivity contribution in [1.29, 1.82) is 0 Å². The van der Waals surface area contributed by atoms with Gasteiger partial charge in [-0.3, -0.25) is 0 Å². The van der Waals surface area contributed by atoms with Crippen molar-refractivity contribution in [3.63, 3.8) is 0 Å². The molecule has 1 aromatic carbocycles. The van der Waals surface area contributed by atoms with E-state index in [1.54, 1.807) is 19.1 Å². The average Bonchev–Trinajstić information content (AvgIpc) is 3.48. The first-order chi connectivity index (χ1) is 16.6. The van der Waals surface area contributed by atoms with Crippen LogP contribution in [0, 0.1) is 0 Å². The molecule has 35 heavy (non-hydrogen) atoms. The van der Waals surface area contributed by atoms with E-state index in [0.29, 0.717) is 35.4 Å². The van der Waals surface area contributed by atoms with Gasteiger partial charge in [-0.2, -0.15) is 18.2 Å². The molecule has 0 radical (unpaired) electrons. The van der Waals surface area contributed by atoms with Crippen LogP contribution in [-0.2, 0) is 19.0 Å². The number of fused-ring (bicyclic) bond motifs is 1. The summed E-state index contributed by atoms with van der Waals surface area (Å²) >= 11 is 6.42. The van der Waals surface area contributed by atoms with Crippen LogP contribution in [0.3, 0.4) is 0 Å². The van der Waals surface area contributed by atoms with Crippen LogP contribution in [0.1, 0.15) is 30.5 Å². The zero-order valence-corrected chi connectivity index (χ0v) is 19.6. The van der Waals surface area contributed by atoms with Crippen LogP contribution in [0.4, 0.5) is 13.2 Å². The maximum Gasteiger partial charge on any atom is 0.417 e. The Morgan fingerprint density at radius 3 is 2.51 bits per heavy atom. The van der Waals surface area contributed by atoms with E-state index in [2.05, 4.69) is 15.1 Å². The number of pyridine rings is 1. The van der Waals surface area contributed by atoms with E-state index in [9.17, 15) is 18.3 Å². The number of imidazole rings is 1. The molecule has 2 N–H and O–H groups in total. The molecule has 1 atom stereocenters. The summed E-state index contributed by atoms with van der Waals surface area (Å²) in [5.41, 5.74) is 1.48. The average molecular weight is 511 g/mol. The van der Waals surface area contributed by atoms with E-state index in [0.717, 1.165) is 17.8 Å². The van der Waals surface area contributed by atoms with E-state index in [1.165, 1.54) is 10.6 Å². The summed E-state index contributed by atoms with van der Waals surface area (Å²) in [6.45, 7) is 3.12. The molecule has 0 amide bonds. The van der Waals surface area contributed by atoms with Gasteiger partial charge in [0.05, 0.1) is 17.2 Å². The topological polar surface area (TPSA) is 106 Å². The SMILES string of the molecule is CCc1cc(-c2noc(-c3cn4cc(C(F)(F)F)cc(CC)c4n3)n2)c(Cl)cc1OCC(O)CO. The molecule has 0 saturated heterocycles. The van der Waals surface area contributed by atoms with Crippen molar-refractivity contribution in [3.8, 4) is 28.7 Å². The summed E-state index contributed by atoms with van der Waals surface area (Å²) in [4.78, 5) is 8.76. The van der Waals surface area contributed by atoms with Gasteiger partial charge in [0.15, 0.2) is 0 Å². The number of nitrogens with zero attached hydrogens (tertiary/aromatic N) is 4. The molecule has 4 aromatic rings. The second-order valence-corrected chi connectivity index (χ2v) is 8.23. The Hall–Kier alpha value is -3.15. The van der Waals surface area contributed by atoms with Gasteiger partial charge in [0, 0.05) is 18.0 Å². The molecule has 0 aliphatic rings. The molecule has 0 aliphatic heterocycles. The molecule has 3 aromatic heterocycles. The zero-order valence-electron chi connectivity index (χ0n) is 18.8. The minimum atomic E-state index is -4.49. The third kappa shape index (κ3) is 5.12. The van der Waals surface area contributed by atoms with Gasteiger partial charge in [-0.15, -0.1) is 0 Å². The quantitative estimate of drug-likeness (QED) is 0.357. The van der Waals surface area contributed by atoms with Crippen LogP contribution in [0.15, 0.2) is 35.1 Å². The molecule has 0 saturated carbocycles. The lowest BCUT2D eigenvalue weighted by atomic mass is 10.1. The molecule has 186 valence electrons. The largest absolute Gasteiger partial charge is 0.490 e. The minimum absolute atomic E-state index is 0.0276. The van der Waals surface area contributed by atoms with Crippen LogP contribution >= 0.6 is 11.6 Å². The molecular formula is C23H22ClF3N4O4. The summed E-state index contributed by atoms with van der Waals surface area (Å²) < 4.78 is 52.0. The zero-order chi connectivity index (χ0) is 25.3. The van der Waals surface area contributed by atoms with Crippen LogP contribution in [-0.4, -0.2) is 49.1 Å². The van der Waals surface area contributed by atoms with Crippen molar-refractivity contribution in [3.05, 3.63) is 52.3 Å². The maximum atomic E-state index is 13.3. The second kappa shape index (κ2) is 9.84. The first kappa shape index (κ1) is 25.0. The van der Waals surface area contributed by atoms with Crippen molar-refractivity contribution in [2.45, 2.75) is 39.0 Å². The number of hydrogen-bond donors (Lipinski definition) is 2. The smallest absolute Gasteiger partial charge is 0.417 e. The second-order valence-electron chi connectivity index (χ2n) is 7.83. The molecule has 12 heteroatoms. The summed E-state index contributed by atoms with van der Waals surface area (Å²) in [6.07, 6.45) is -2.20. The molecule has 1 unspecified atom stereocenters.